The van der Waals surface area contributed by atoms with Crippen LogP contribution in [0.5, 0.6) is 0 Å². The molecule has 0 aliphatic rings. The zero-order valence-electron chi connectivity index (χ0n) is 16.7. The van der Waals surface area contributed by atoms with Crippen molar-refractivity contribution < 1.29 is 14.4 Å². The number of para-hydroxylation sites is 1. The average Bonchev–Trinajstić information content (AvgIpc) is 2.98. The molecule has 7 nitrogen and oxygen atoms in total. The maximum Gasteiger partial charge on any atom is 0.296 e. The molecule has 29 heavy (non-hydrogen) atoms. The second kappa shape index (κ2) is 8.10. The molecule has 2 N–H and O–H groups in total. The third-order valence-electron chi connectivity index (χ3n) is 4.53. The molecule has 148 valence electrons. The minimum Gasteiger partial charge on any atom is -0.326 e. The molecule has 7 heteroatoms. The molecular formula is C22H22N4O3. The second-order valence-corrected chi connectivity index (χ2v) is 6.79. The number of carbonyl (C=O) groups is 3. The number of Topliss-reactive ketones (excluding diaryl/α,β-unsaturated/α-hetero) is 1. The standard InChI is InChI=1S/C22H22N4O3/c1-13-10-11-17(23-16(4)27)12-19(13)24-22(29)21(28)20-14(2)25-26(15(20)3)18-8-6-5-7-9-18/h5-12H,1-4H3,(H,23,27)(H,24,29). The second-order valence-electron chi connectivity index (χ2n) is 6.79. The average molecular weight is 390 g/mol. The van der Waals surface area contributed by atoms with Gasteiger partial charge in [0.2, 0.25) is 5.91 Å². The van der Waals surface area contributed by atoms with E-state index in [4.69, 9.17) is 0 Å². The first-order valence-corrected chi connectivity index (χ1v) is 9.13. The van der Waals surface area contributed by atoms with E-state index in [1.807, 2.05) is 37.3 Å². The first-order valence-electron chi connectivity index (χ1n) is 9.13. The molecule has 0 bridgehead atoms. The number of aryl methyl sites for hydroxylation is 2. The molecule has 0 aliphatic carbocycles. The summed E-state index contributed by atoms with van der Waals surface area (Å²) < 4.78 is 1.65. The lowest BCUT2D eigenvalue weighted by Crippen LogP contribution is -2.24. The molecular weight excluding hydrogens is 368 g/mol. The van der Waals surface area contributed by atoms with Crippen LogP contribution >= 0.6 is 0 Å². The highest BCUT2D eigenvalue weighted by atomic mass is 16.2. The number of rotatable bonds is 5. The van der Waals surface area contributed by atoms with Gasteiger partial charge in [0.05, 0.1) is 22.6 Å². The molecule has 0 saturated carbocycles. The Balaban J connectivity index is 1.87. The summed E-state index contributed by atoms with van der Waals surface area (Å²) in [4.78, 5) is 36.8. The van der Waals surface area contributed by atoms with Gasteiger partial charge in [0, 0.05) is 18.3 Å². The molecule has 0 spiro atoms. The Bertz CT molecular complexity index is 1100. The van der Waals surface area contributed by atoms with Gasteiger partial charge in [-0.05, 0) is 50.6 Å². The lowest BCUT2D eigenvalue weighted by Gasteiger charge is -2.11. The van der Waals surface area contributed by atoms with Crippen molar-refractivity contribution in [1.82, 2.24) is 9.78 Å². The molecule has 3 rings (SSSR count). The summed E-state index contributed by atoms with van der Waals surface area (Å²) in [6.45, 7) is 6.67. The Kier molecular flexibility index (Phi) is 5.59. The van der Waals surface area contributed by atoms with E-state index in [1.54, 1.807) is 36.7 Å². The fourth-order valence-corrected chi connectivity index (χ4v) is 3.12. The first kappa shape index (κ1) is 20.0. The summed E-state index contributed by atoms with van der Waals surface area (Å²) in [5.41, 5.74) is 3.94. The topological polar surface area (TPSA) is 93.1 Å². The van der Waals surface area contributed by atoms with Crippen LogP contribution in [0.4, 0.5) is 11.4 Å². The zero-order chi connectivity index (χ0) is 21.1. The number of carbonyl (C=O) groups excluding carboxylic acids is 3. The van der Waals surface area contributed by atoms with Crippen LogP contribution < -0.4 is 10.6 Å². The molecule has 0 radical (unpaired) electrons. The molecule has 0 fully saturated rings. The Morgan fingerprint density at radius 2 is 1.62 bits per heavy atom. The lowest BCUT2D eigenvalue weighted by atomic mass is 10.1. The summed E-state index contributed by atoms with van der Waals surface area (Å²) in [5.74, 6) is -1.64. The van der Waals surface area contributed by atoms with Crippen molar-refractivity contribution in [2.45, 2.75) is 27.7 Å². The number of nitrogens with one attached hydrogen (secondary N) is 2. The van der Waals surface area contributed by atoms with Crippen LogP contribution in [0.2, 0.25) is 0 Å². The normalized spacial score (nSPS) is 10.5. The smallest absolute Gasteiger partial charge is 0.296 e. The van der Waals surface area contributed by atoms with Crippen molar-refractivity contribution in [3.05, 3.63) is 71.0 Å². The van der Waals surface area contributed by atoms with Gasteiger partial charge in [0.15, 0.2) is 0 Å². The predicted octanol–water partition coefficient (Wildman–Crippen LogP) is 3.58. The summed E-state index contributed by atoms with van der Waals surface area (Å²) in [6, 6.07) is 14.5. The largest absolute Gasteiger partial charge is 0.326 e. The van der Waals surface area contributed by atoms with Crippen molar-refractivity contribution in [3.63, 3.8) is 0 Å². The Morgan fingerprint density at radius 3 is 2.28 bits per heavy atom. The van der Waals surface area contributed by atoms with E-state index in [2.05, 4.69) is 15.7 Å². The number of nitrogens with zero attached hydrogens (tertiary/aromatic N) is 2. The maximum atomic E-state index is 12.9. The van der Waals surface area contributed by atoms with Crippen molar-refractivity contribution in [3.8, 4) is 5.69 Å². The monoisotopic (exact) mass is 390 g/mol. The minimum absolute atomic E-state index is 0.221. The van der Waals surface area contributed by atoms with E-state index >= 15 is 0 Å². The van der Waals surface area contributed by atoms with Crippen LogP contribution in [-0.4, -0.2) is 27.4 Å². The van der Waals surface area contributed by atoms with Gasteiger partial charge in [0.1, 0.15) is 0 Å². The number of benzene rings is 2. The first-order chi connectivity index (χ1) is 13.8. The van der Waals surface area contributed by atoms with Gasteiger partial charge in [-0.2, -0.15) is 5.10 Å². The molecule has 0 atom stereocenters. The molecule has 1 heterocycles. The summed E-state index contributed by atoms with van der Waals surface area (Å²) in [6.07, 6.45) is 0. The molecule has 0 unspecified atom stereocenters. The molecule has 0 aliphatic heterocycles. The highest BCUT2D eigenvalue weighted by Gasteiger charge is 2.25. The van der Waals surface area contributed by atoms with Gasteiger partial charge >= 0.3 is 0 Å². The van der Waals surface area contributed by atoms with Crippen LogP contribution in [0.1, 0.15) is 34.2 Å². The van der Waals surface area contributed by atoms with E-state index in [0.29, 0.717) is 22.8 Å². The highest BCUT2D eigenvalue weighted by molar-refractivity contribution is 6.47. The predicted molar refractivity (Wildman–Crippen MR) is 111 cm³/mol. The quantitative estimate of drug-likeness (QED) is 0.514. The SMILES string of the molecule is CC(=O)Nc1ccc(C)c(NC(=O)C(=O)c2c(C)nn(-c3ccccc3)c2C)c1. The van der Waals surface area contributed by atoms with Crippen molar-refractivity contribution in [2.75, 3.05) is 10.6 Å². The fraction of sp³-hybridized carbons (Fsp3) is 0.182. The maximum absolute atomic E-state index is 12.9. The Morgan fingerprint density at radius 1 is 0.931 bits per heavy atom. The van der Waals surface area contributed by atoms with Crippen molar-refractivity contribution in [1.29, 1.82) is 0 Å². The summed E-state index contributed by atoms with van der Waals surface area (Å²) >= 11 is 0. The number of ketones is 1. The number of amides is 2. The van der Waals surface area contributed by atoms with E-state index in [9.17, 15) is 14.4 Å². The number of hydrogen-bond donors (Lipinski definition) is 2. The molecule has 1 aromatic heterocycles. The van der Waals surface area contributed by atoms with Crippen molar-refractivity contribution >= 4 is 29.0 Å². The number of aromatic nitrogens is 2. The highest BCUT2D eigenvalue weighted by Crippen LogP contribution is 2.22. The molecule has 2 amide bonds. The van der Waals surface area contributed by atoms with Crippen LogP contribution in [0.25, 0.3) is 5.69 Å². The van der Waals surface area contributed by atoms with Crippen molar-refractivity contribution in [2.24, 2.45) is 0 Å². The number of anilines is 2. The van der Waals surface area contributed by atoms with Gasteiger partial charge in [-0.25, -0.2) is 4.68 Å². The van der Waals surface area contributed by atoms with E-state index in [1.165, 1.54) is 6.92 Å². The van der Waals surface area contributed by atoms with Crippen LogP contribution in [0.3, 0.4) is 0 Å². The van der Waals surface area contributed by atoms with Gasteiger partial charge in [-0.15, -0.1) is 0 Å². The van der Waals surface area contributed by atoms with Gasteiger partial charge in [0.25, 0.3) is 11.7 Å². The van der Waals surface area contributed by atoms with Gasteiger partial charge in [-0.1, -0.05) is 24.3 Å². The number of hydrogen-bond acceptors (Lipinski definition) is 4. The Hall–Kier alpha value is -3.74. The molecule has 2 aromatic carbocycles. The zero-order valence-corrected chi connectivity index (χ0v) is 16.7. The van der Waals surface area contributed by atoms with Gasteiger partial charge in [-0.3, -0.25) is 14.4 Å². The van der Waals surface area contributed by atoms with E-state index in [-0.39, 0.29) is 11.5 Å². The Labute approximate surface area is 168 Å². The third-order valence-corrected chi connectivity index (χ3v) is 4.53. The summed E-state index contributed by atoms with van der Waals surface area (Å²) in [5, 5.41) is 9.73. The van der Waals surface area contributed by atoms with E-state index < -0.39 is 11.7 Å². The molecule has 0 saturated heterocycles. The molecule has 3 aromatic rings. The van der Waals surface area contributed by atoms with Crippen LogP contribution in [0.15, 0.2) is 48.5 Å². The van der Waals surface area contributed by atoms with E-state index in [0.717, 1.165) is 11.3 Å². The summed E-state index contributed by atoms with van der Waals surface area (Å²) in [7, 11) is 0. The third kappa shape index (κ3) is 4.24. The van der Waals surface area contributed by atoms with Crippen LogP contribution in [0, 0.1) is 20.8 Å². The van der Waals surface area contributed by atoms with Gasteiger partial charge < -0.3 is 10.6 Å². The lowest BCUT2D eigenvalue weighted by molar-refractivity contribution is -0.114. The fourth-order valence-electron chi connectivity index (χ4n) is 3.12. The minimum atomic E-state index is -0.758. The van der Waals surface area contributed by atoms with Crippen LogP contribution in [-0.2, 0) is 9.59 Å².